The summed E-state index contributed by atoms with van der Waals surface area (Å²) in [6.07, 6.45) is 0. The number of thiophene rings is 1. The summed E-state index contributed by atoms with van der Waals surface area (Å²) >= 11 is 1.51. The quantitative estimate of drug-likeness (QED) is 0.407. The monoisotopic (exact) mass is 458 g/mol. The number of amides is 1. The van der Waals surface area contributed by atoms with Crippen LogP contribution in [0.3, 0.4) is 0 Å². The van der Waals surface area contributed by atoms with E-state index in [1.54, 1.807) is 26.0 Å². The Balaban J connectivity index is 1.52. The standard InChI is InChI=1S/C23H18N6O3S/c1-13-14(2)24-23(26-21(13)30)29-20(12-16(27-29)19-9-6-10-33-19)25-22(31)17-11-18(32-28-17)15-7-4-3-5-8-15/h3-12H,1-2H3,(H,25,31)(H,24,26,30). The highest BCUT2D eigenvalue weighted by atomic mass is 32.1. The molecule has 0 unspecified atom stereocenters. The van der Waals surface area contributed by atoms with Crippen LogP contribution in [0.25, 0.3) is 27.8 Å². The molecule has 33 heavy (non-hydrogen) atoms. The van der Waals surface area contributed by atoms with Gasteiger partial charge in [0, 0.05) is 29.0 Å². The molecule has 0 radical (unpaired) electrons. The number of carbonyl (C=O) groups is 1. The van der Waals surface area contributed by atoms with E-state index in [4.69, 9.17) is 4.52 Å². The molecule has 1 aromatic carbocycles. The van der Waals surface area contributed by atoms with E-state index < -0.39 is 5.91 Å². The third-order valence-electron chi connectivity index (χ3n) is 5.11. The van der Waals surface area contributed by atoms with Crippen molar-refractivity contribution < 1.29 is 9.32 Å². The molecule has 0 bridgehead atoms. The van der Waals surface area contributed by atoms with Gasteiger partial charge in [-0.2, -0.15) is 9.78 Å². The van der Waals surface area contributed by atoms with Gasteiger partial charge in [0.25, 0.3) is 11.5 Å². The molecule has 0 spiro atoms. The lowest BCUT2D eigenvalue weighted by molar-refractivity contribution is 0.101. The number of nitrogens with one attached hydrogen (secondary N) is 2. The van der Waals surface area contributed by atoms with Crippen LogP contribution >= 0.6 is 11.3 Å². The minimum absolute atomic E-state index is 0.112. The number of rotatable bonds is 5. The highest BCUT2D eigenvalue weighted by Crippen LogP contribution is 2.28. The van der Waals surface area contributed by atoms with Gasteiger partial charge in [-0.25, -0.2) is 4.98 Å². The van der Waals surface area contributed by atoms with Crippen LogP contribution in [0.2, 0.25) is 0 Å². The number of H-pyrrole nitrogens is 1. The Kier molecular flexibility index (Phi) is 5.19. The third kappa shape index (κ3) is 3.99. The van der Waals surface area contributed by atoms with Crippen molar-refractivity contribution in [3.8, 4) is 27.8 Å². The van der Waals surface area contributed by atoms with Crippen molar-refractivity contribution in [2.45, 2.75) is 13.8 Å². The van der Waals surface area contributed by atoms with Crippen molar-refractivity contribution >= 4 is 23.1 Å². The summed E-state index contributed by atoms with van der Waals surface area (Å²) in [4.78, 5) is 33.4. The summed E-state index contributed by atoms with van der Waals surface area (Å²) in [7, 11) is 0. The van der Waals surface area contributed by atoms with Crippen LogP contribution in [0.15, 0.2) is 69.3 Å². The molecular weight excluding hydrogens is 440 g/mol. The van der Waals surface area contributed by atoms with E-state index in [9.17, 15) is 9.59 Å². The van der Waals surface area contributed by atoms with Crippen molar-refractivity contribution in [3.05, 3.63) is 87.3 Å². The van der Waals surface area contributed by atoms with E-state index in [0.29, 0.717) is 28.5 Å². The van der Waals surface area contributed by atoms with Crippen LogP contribution in [-0.4, -0.2) is 30.8 Å². The highest BCUT2D eigenvalue weighted by Gasteiger charge is 2.20. The predicted octanol–water partition coefficient (Wildman–Crippen LogP) is 4.21. The van der Waals surface area contributed by atoms with Gasteiger partial charge in [0.2, 0.25) is 5.95 Å². The second kappa shape index (κ2) is 8.32. The van der Waals surface area contributed by atoms with Crippen LogP contribution in [0.1, 0.15) is 21.7 Å². The Morgan fingerprint density at radius 3 is 2.67 bits per heavy atom. The van der Waals surface area contributed by atoms with Crippen molar-refractivity contribution in [2.75, 3.05) is 5.32 Å². The number of benzene rings is 1. The molecule has 10 heteroatoms. The highest BCUT2D eigenvalue weighted by molar-refractivity contribution is 7.13. The fourth-order valence-electron chi connectivity index (χ4n) is 3.21. The smallest absolute Gasteiger partial charge is 0.279 e. The average Bonchev–Trinajstić information content (AvgIpc) is 3.58. The van der Waals surface area contributed by atoms with Crippen molar-refractivity contribution in [2.24, 2.45) is 0 Å². The Labute approximate surface area is 191 Å². The van der Waals surface area contributed by atoms with E-state index >= 15 is 0 Å². The van der Waals surface area contributed by atoms with Gasteiger partial charge in [0.15, 0.2) is 11.5 Å². The van der Waals surface area contributed by atoms with Crippen LogP contribution < -0.4 is 10.9 Å². The van der Waals surface area contributed by atoms with Gasteiger partial charge in [-0.15, -0.1) is 11.3 Å². The average molecular weight is 459 g/mol. The van der Waals surface area contributed by atoms with E-state index in [1.807, 2.05) is 47.8 Å². The van der Waals surface area contributed by atoms with Gasteiger partial charge in [-0.3, -0.25) is 14.6 Å². The SMILES string of the molecule is Cc1nc(-n2nc(-c3cccs3)cc2NC(=O)c2cc(-c3ccccc3)on2)[nH]c(=O)c1C. The maximum Gasteiger partial charge on any atom is 0.279 e. The van der Waals surface area contributed by atoms with Crippen LogP contribution in [0.5, 0.6) is 0 Å². The van der Waals surface area contributed by atoms with Gasteiger partial charge in [-0.05, 0) is 25.3 Å². The molecule has 0 saturated heterocycles. The Bertz CT molecular complexity index is 1500. The molecule has 0 aliphatic rings. The number of anilines is 1. The first-order valence-electron chi connectivity index (χ1n) is 10.0. The van der Waals surface area contributed by atoms with Gasteiger partial charge < -0.3 is 9.84 Å². The van der Waals surface area contributed by atoms with Crippen LogP contribution in [0.4, 0.5) is 5.82 Å². The lowest BCUT2D eigenvalue weighted by Gasteiger charge is -2.08. The number of aromatic nitrogens is 5. The van der Waals surface area contributed by atoms with E-state index in [2.05, 4.69) is 25.5 Å². The summed E-state index contributed by atoms with van der Waals surface area (Å²) in [5, 5.41) is 13.2. The van der Waals surface area contributed by atoms with E-state index in [1.165, 1.54) is 16.0 Å². The van der Waals surface area contributed by atoms with Crippen molar-refractivity contribution in [1.29, 1.82) is 0 Å². The number of nitrogens with zero attached hydrogens (tertiary/aromatic N) is 4. The summed E-state index contributed by atoms with van der Waals surface area (Å²) in [5.41, 5.74) is 2.37. The minimum Gasteiger partial charge on any atom is -0.355 e. The number of aromatic amines is 1. The molecule has 2 N–H and O–H groups in total. The van der Waals surface area contributed by atoms with Gasteiger partial charge in [-0.1, -0.05) is 41.6 Å². The topological polar surface area (TPSA) is 119 Å². The number of carbonyl (C=O) groups excluding carboxylic acids is 1. The Morgan fingerprint density at radius 2 is 1.94 bits per heavy atom. The summed E-state index contributed by atoms with van der Waals surface area (Å²) in [6.45, 7) is 3.44. The Morgan fingerprint density at radius 1 is 1.12 bits per heavy atom. The summed E-state index contributed by atoms with van der Waals surface area (Å²) < 4.78 is 6.74. The number of hydrogen-bond donors (Lipinski definition) is 2. The predicted molar refractivity (Wildman–Crippen MR) is 125 cm³/mol. The molecule has 4 aromatic heterocycles. The zero-order chi connectivity index (χ0) is 22.9. The fraction of sp³-hybridized carbons (Fsp3) is 0.0870. The Hall–Kier alpha value is -4.31. The number of hydrogen-bond acceptors (Lipinski definition) is 7. The van der Waals surface area contributed by atoms with E-state index in [-0.39, 0.29) is 17.2 Å². The molecular formula is C23H18N6O3S. The first-order chi connectivity index (χ1) is 16.0. The molecule has 0 saturated carbocycles. The molecule has 9 nitrogen and oxygen atoms in total. The van der Waals surface area contributed by atoms with Crippen LogP contribution in [0, 0.1) is 13.8 Å². The molecule has 164 valence electrons. The van der Waals surface area contributed by atoms with Gasteiger partial charge in [0.1, 0.15) is 11.5 Å². The summed E-state index contributed by atoms with van der Waals surface area (Å²) in [6, 6.07) is 16.5. The maximum atomic E-state index is 13.0. The van der Waals surface area contributed by atoms with Crippen LogP contribution in [-0.2, 0) is 0 Å². The summed E-state index contributed by atoms with van der Waals surface area (Å²) in [5.74, 6) is 0.532. The number of aryl methyl sites for hydroxylation is 1. The first-order valence-corrected chi connectivity index (χ1v) is 10.9. The third-order valence-corrected chi connectivity index (χ3v) is 6.00. The van der Waals surface area contributed by atoms with Gasteiger partial charge in [0.05, 0.1) is 4.88 Å². The van der Waals surface area contributed by atoms with Crippen molar-refractivity contribution in [3.63, 3.8) is 0 Å². The molecule has 0 aliphatic heterocycles. The normalized spacial score (nSPS) is 11.0. The minimum atomic E-state index is -0.481. The second-order valence-corrected chi connectivity index (χ2v) is 8.25. The lowest BCUT2D eigenvalue weighted by Crippen LogP contribution is -2.21. The molecule has 4 heterocycles. The largest absolute Gasteiger partial charge is 0.355 e. The second-order valence-electron chi connectivity index (χ2n) is 7.30. The maximum absolute atomic E-state index is 13.0. The molecule has 0 atom stereocenters. The van der Waals surface area contributed by atoms with E-state index in [0.717, 1.165) is 10.4 Å². The molecule has 0 fully saturated rings. The fourth-order valence-corrected chi connectivity index (χ4v) is 3.89. The molecule has 5 aromatic rings. The van der Waals surface area contributed by atoms with Gasteiger partial charge >= 0.3 is 0 Å². The zero-order valence-corrected chi connectivity index (χ0v) is 18.5. The van der Waals surface area contributed by atoms with Crippen molar-refractivity contribution in [1.82, 2.24) is 24.9 Å². The first kappa shape index (κ1) is 20.6. The molecule has 1 amide bonds. The zero-order valence-electron chi connectivity index (χ0n) is 17.7. The lowest BCUT2D eigenvalue weighted by atomic mass is 10.1. The molecule has 5 rings (SSSR count). The molecule has 0 aliphatic carbocycles.